The van der Waals surface area contributed by atoms with Gasteiger partial charge in [-0.05, 0) is 19.3 Å². The summed E-state index contributed by atoms with van der Waals surface area (Å²) in [5, 5.41) is 0. The van der Waals surface area contributed by atoms with E-state index in [0.717, 1.165) is 13.7 Å². The summed E-state index contributed by atoms with van der Waals surface area (Å²) in [4.78, 5) is 0. The van der Waals surface area contributed by atoms with Crippen molar-refractivity contribution in [1.29, 1.82) is 0 Å². The van der Waals surface area contributed by atoms with E-state index in [1.165, 1.54) is 24.8 Å². The molecule has 1 heteroatoms. The fourth-order valence-corrected chi connectivity index (χ4v) is 1.17. The Bertz CT molecular complexity index is 145. The van der Waals surface area contributed by atoms with Gasteiger partial charge in [-0.15, -0.1) is 5.98 Å². The maximum absolute atomic E-state index is 2.34. The molecule has 0 N–H and O–H groups in total. The topological polar surface area (TPSA) is 0 Å². The van der Waals surface area contributed by atoms with E-state index in [9.17, 15) is 0 Å². The molecular weight excluding hydrogens is 143 g/mol. The summed E-state index contributed by atoms with van der Waals surface area (Å²) in [6.45, 7) is 6.62. The van der Waals surface area contributed by atoms with E-state index >= 15 is 0 Å². The Kier molecular flexibility index (Phi) is 8.31. The second kappa shape index (κ2) is 8.64. The number of hydrogen-bond donors (Lipinski definition) is 0. The molecule has 0 aliphatic rings. The lowest BCUT2D eigenvalue weighted by Gasteiger charge is -1.99. The molecule has 68 valence electrons. The molecule has 0 saturated heterocycles. The summed E-state index contributed by atoms with van der Waals surface area (Å²) in [6.07, 6.45) is 9.63. The van der Waals surface area contributed by atoms with E-state index in [2.05, 4.69) is 38.8 Å². The van der Waals surface area contributed by atoms with Crippen LogP contribution in [0.1, 0.15) is 39.5 Å². The Hall–Kier alpha value is -0.455. The maximum atomic E-state index is 2.34. The molecule has 0 aromatic rings. The zero-order valence-electron chi connectivity index (χ0n) is 8.77. The molecule has 0 aliphatic heterocycles. The molecule has 0 aromatic heterocycles. The highest BCUT2D eigenvalue weighted by Gasteiger charge is 1.90. The van der Waals surface area contributed by atoms with Crippen molar-refractivity contribution in [2.45, 2.75) is 46.4 Å². The van der Waals surface area contributed by atoms with Gasteiger partial charge in [-0.2, -0.15) is 0 Å². The lowest BCUT2D eigenvalue weighted by Crippen LogP contribution is -1.81. The molecule has 0 rings (SSSR count). The van der Waals surface area contributed by atoms with Gasteiger partial charge in [-0.25, -0.2) is 0 Å². The number of rotatable bonds is 6. The van der Waals surface area contributed by atoms with Crippen LogP contribution in [0.25, 0.3) is 0 Å². The molecule has 0 atom stereocenters. The van der Waals surface area contributed by atoms with Crippen molar-refractivity contribution in [2.75, 3.05) is 0 Å². The first kappa shape index (κ1) is 11.5. The number of unbranched alkanes of at least 4 members (excludes halogenated alkanes) is 1. The quantitative estimate of drug-likeness (QED) is 0.416. The largest absolute Gasteiger partial charge is 0.144 e. The molecule has 0 radical (unpaired) electrons. The lowest BCUT2D eigenvalue weighted by atomic mass is 9.81. The van der Waals surface area contributed by atoms with E-state index < -0.39 is 0 Å². The molecule has 0 bridgehead atoms. The van der Waals surface area contributed by atoms with Gasteiger partial charge in [0.05, 0.1) is 0 Å². The van der Waals surface area contributed by atoms with E-state index in [1.54, 1.807) is 0 Å². The van der Waals surface area contributed by atoms with Gasteiger partial charge in [0, 0.05) is 0 Å². The monoisotopic (exact) mass is 164 g/mol. The molecule has 0 aliphatic carbocycles. The summed E-state index contributed by atoms with van der Waals surface area (Å²) in [5.74, 6) is 2.25. The molecule has 0 spiro atoms. The predicted molar refractivity (Wildman–Crippen MR) is 60.1 cm³/mol. The summed E-state index contributed by atoms with van der Waals surface area (Å²) < 4.78 is 0. The van der Waals surface area contributed by atoms with Crippen LogP contribution in [0.4, 0.5) is 0 Å². The minimum Gasteiger partial charge on any atom is -0.119 e. The first-order chi connectivity index (χ1) is 5.85. The minimum absolute atomic E-state index is 1.15. The van der Waals surface area contributed by atoms with Crippen molar-refractivity contribution < 1.29 is 0 Å². The average Bonchev–Trinajstić information content (AvgIpc) is 2.10. The van der Waals surface area contributed by atoms with Crippen LogP contribution in [-0.2, 0) is 0 Å². The van der Waals surface area contributed by atoms with Crippen LogP contribution >= 0.6 is 0 Å². The van der Waals surface area contributed by atoms with Crippen LogP contribution in [0.15, 0.2) is 23.7 Å². The second-order valence-electron chi connectivity index (χ2n) is 3.10. The Morgan fingerprint density at radius 1 is 1.33 bits per heavy atom. The Morgan fingerprint density at radius 2 is 2.08 bits per heavy atom. The lowest BCUT2D eigenvalue weighted by molar-refractivity contribution is 0.795. The van der Waals surface area contributed by atoms with Crippen molar-refractivity contribution >= 4 is 7.28 Å². The molecule has 0 nitrogen and oxygen atoms in total. The highest BCUT2D eigenvalue weighted by molar-refractivity contribution is 6.40. The second-order valence-corrected chi connectivity index (χ2v) is 3.10. The Labute approximate surface area is 78.0 Å². The van der Waals surface area contributed by atoms with Gasteiger partial charge in [-0.3, -0.25) is 0 Å². The van der Waals surface area contributed by atoms with Gasteiger partial charge >= 0.3 is 0 Å². The standard InChI is InChI=1S/C11H21B/c1-4-6-8-11(7-5-2)9-10-12-3/h7,9-10,12H,4-6,8H2,1-3H3/b10-9-,11-7-. The molecule has 0 saturated carbocycles. The highest BCUT2D eigenvalue weighted by Crippen LogP contribution is 2.09. The van der Waals surface area contributed by atoms with Crippen LogP contribution in [0.5, 0.6) is 0 Å². The first-order valence-corrected chi connectivity index (χ1v) is 5.20. The maximum Gasteiger partial charge on any atom is 0.144 e. The van der Waals surface area contributed by atoms with Crippen molar-refractivity contribution in [3.8, 4) is 0 Å². The SMILES string of the molecule is CB/C=C\C(=C/CC)CCCC. The molecule has 0 unspecified atom stereocenters. The van der Waals surface area contributed by atoms with Gasteiger partial charge < -0.3 is 0 Å². The minimum atomic E-state index is 1.15. The third-order valence-corrected chi connectivity index (χ3v) is 1.85. The summed E-state index contributed by atoms with van der Waals surface area (Å²) in [6, 6.07) is 0. The third-order valence-electron chi connectivity index (χ3n) is 1.85. The Balaban J connectivity index is 3.86. The number of hydrogen-bond acceptors (Lipinski definition) is 0. The van der Waals surface area contributed by atoms with Gasteiger partial charge in [0.15, 0.2) is 0 Å². The molecule has 12 heavy (non-hydrogen) atoms. The summed E-state index contributed by atoms with van der Waals surface area (Å²) >= 11 is 0. The molecule has 0 amide bonds. The number of allylic oxidation sites excluding steroid dienone is 3. The normalized spacial score (nSPS) is 12.4. The molecule has 0 heterocycles. The van der Waals surface area contributed by atoms with Crippen molar-refractivity contribution in [1.82, 2.24) is 0 Å². The zero-order chi connectivity index (χ0) is 9.23. The zero-order valence-corrected chi connectivity index (χ0v) is 8.77. The van der Waals surface area contributed by atoms with Crippen molar-refractivity contribution in [3.63, 3.8) is 0 Å². The van der Waals surface area contributed by atoms with Crippen LogP contribution < -0.4 is 0 Å². The van der Waals surface area contributed by atoms with E-state index in [-0.39, 0.29) is 0 Å². The highest BCUT2D eigenvalue weighted by atomic mass is 13.9. The van der Waals surface area contributed by atoms with Crippen LogP contribution in [0, 0.1) is 0 Å². The Morgan fingerprint density at radius 3 is 2.58 bits per heavy atom. The van der Waals surface area contributed by atoms with Gasteiger partial charge in [0.25, 0.3) is 0 Å². The fraction of sp³-hybridized carbons (Fsp3) is 0.636. The van der Waals surface area contributed by atoms with Crippen LogP contribution in [0.2, 0.25) is 6.82 Å². The molecule has 0 fully saturated rings. The van der Waals surface area contributed by atoms with E-state index in [4.69, 9.17) is 0 Å². The predicted octanol–water partition coefficient (Wildman–Crippen LogP) is 3.51. The fourth-order valence-electron chi connectivity index (χ4n) is 1.17. The summed E-state index contributed by atoms with van der Waals surface area (Å²) in [5.41, 5.74) is 1.52. The first-order valence-electron chi connectivity index (χ1n) is 5.20. The average molecular weight is 164 g/mol. The smallest absolute Gasteiger partial charge is 0.119 e. The van der Waals surface area contributed by atoms with E-state index in [1.807, 2.05) is 0 Å². The van der Waals surface area contributed by atoms with Gasteiger partial charge in [-0.1, -0.05) is 44.8 Å². The van der Waals surface area contributed by atoms with Crippen LogP contribution in [0.3, 0.4) is 0 Å². The van der Waals surface area contributed by atoms with Crippen molar-refractivity contribution in [2.24, 2.45) is 0 Å². The third kappa shape index (κ3) is 6.27. The summed E-state index contributed by atoms with van der Waals surface area (Å²) in [7, 11) is 1.15. The van der Waals surface area contributed by atoms with Gasteiger partial charge in [0.2, 0.25) is 0 Å². The molecular formula is C11H21B. The molecule has 0 aromatic carbocycles. The van der Waals surface area contributed by atoms with Gasteiger partial charge in [0.1, 0.15) is 7.28 Å². The van der Waals surface area contributed by atoms with Crippen LogP contribution in [-0.4, -0.2) is 7.28 Å². The van der Waals surface area contributed by atoms with E-state index in [0.29, 0.717) is 0 Å². The van der Waals surface area contributed by atoms with Crippen molar-refractivity contribution in [3.05, 3.63) is 23.7 Å².